The van der Waals surface area contributed by atoms with E-state index in [9.17, 15) is 17.6 Å². The van der Waals surface area contributed by atoms with Crippen LogP contribution in [0.4, 0.5) is 10.1 Å². The van der Waals surface area contributed by atoms with Crippen LogP contribution in [0.15, 0.2) is 83.1 Å². The molecule has 0 spiro atoms. The first-order chi connectivity index (χ1) is 16.4. The Morgan fingerprint density at radius 3 is 2.44 bits per heavy atom. The number of benzene rings is 3. The minimum absolute atomic E-state index is 0.0105. The van der Waals surface area contributed by atoms with E-state index >= 15 is 0 Å². The molecule has 0 unspecified atom stereocenters. The number of carbonyl (C=O) groups excluding carboxylic acids is 1. The zero-order valence-electron chi connectivity index (χ0n) is 17.9. The minimum Gasteiger partial charge on any atom is -0.496 e. The number of anilines is 1. The molecule has 10 heteroatoms. The normalized spacial score (nSPS) is 11.1. The quantitative estimate of drug-likeness (QED) is 0.339. The van der Waals surface area contributed by atoms with E-state index in [0.717, 1.165) is 22.7 Å². The van der Waals surface area contributed by atoms with E-state index in [-0.39, 0.29) is 22.8 Å². The number of nitrogens with zero attached hydrogens (tertiary/aromatic N) is 1. The molecule has 0 aliphatic heterocycles. The number of esters is 1. The number of ether oxygens (including phenoxy) is 2. The van der Waals surface area contributed by atoms with Crippen molar-refractivity contribution >= 4 is 33.0 Å². The van der Waals surface area contributed by atoms with Crippen LogP contribution in [-0.2, 0) is 21.4 Å². The maximum Gasteiger partial charge on any atom is 0.338 e. The number of sulfonamides is 1. The van der Waals surface area contributed by atoms with Gasteiger partial charge in [0.05, 0.1) is 28.8 Å². The maximum atomic E-state index is 13.0. The molecule has 1 N–H and O–H groups in total. The summed E-state index contributed by atoms with van der Waals surface area (Å²) in [6.07, 6.45) is 0. The number of hydrogen-bond acceptors (Lipinski definition) is 7. The fraction of sp³-hybridized carbons (Fsp3) is 0.0833. The summed E-state index contributed by atoms with van der Waals surface area (Å²) in [4.78, 5) is 16.8. The molecule has 7 nitrogen and oxygen atoms in total. The van der Waals surface area contributed by atoms with E-state index in [1.807, 2.05) is 29.6 Å². The molecule has 0 saturated carbocycles. The SMILES string of the molecule is COc1ccccc1-c1nc(COC(=O)c2ccc(NS(=O)(=O)c3ccc(F)cc3)cc2)cs1. The van der Waals surface area contributed by atoms with Crippen molar-refractivity contribution in [3.05, 3.63) is 95.3 Å². The van der Waals surface area contributed by atoms with Crippen LogP contribution in [0.2, 0.25) is 0 Å². The van der Waals surface area contributed by atoms with E-state index in [4.69, 9.17) is 9.47 Å². The molecule has 0 aliphatic rings. The van der Waals surface area contributed by atoms with E-state index in [0.29, 0.717) is 11.4 Å². The van der Waals surface area contributed by atoms with Crippen LogP contribution in [0.3, 0.4) is 0 Å². The number of methoxy groups -OCH3 is 1. The van der Waals surface area contributed by atoms with Gasteiger partial charge >= 0.3 is 5.97 Å². The van der Waals surface area contributed by atoms with Gasteiger partial charge in [0.2, 0.25) is 0 Å². The van der Waals surface area contributed by atoms with Crippen molar-refractivity contribution in [3.8, 4) is 16.3 Å². The fourth-order valence-corrected chi connectivity index (χ4v) is 4.94. The van der Waals surface area contributed by atoms with E-state index < -0.39 is 21.8 Å². The second-order valence-corrected chi connectivity index (χ2v) is 9.60. The molecule has 0 saturated heterocycles. The van der Waals surface area contributed by atoms with Crippen molar-refractivity contribution in [2.75, 3.05) is 11.8 Å². The summed E-state index contributed by atoms with van der Waals surface area (Å²) in [5, 5.41) is 2.56. The molecule has 3 aromatic carbocycles. The molecule has 0 amide bonds. The Morgan fingerprint density at radius 1 is 1.03 bits per heavy atom. The Balaban J connectivity index is 1.37. The highest BCUT2D eigenvalue weighted by Gasteiger charge is 2.16. The first-order valence-electron chi connectivity index (χ1n) is 9.99. The van der Waals surface area contributed by atoms with Crippen LogP contribution in [0.1, 0.15) is 16.1 Å². The average molecular weight is 499 g/mol. The van der Waals surface area contributed by atoms with Gasteiger partial charge in [-0.3, -0.25) is 4.72 Å². The fourth-order valence-electron chi connectivity index (χ4n) is 3.04. The summed E-state index contributed by atoms with van der Waals surface area (Å²) in [6, 6.07) is 17.8. The Hall–Kier alpha value is -3.76. The molecule has 0 bridgehead atoms. The Bertz CT molecular complexity index is 1400. The lowest BCUT2D eigenvalue weighted by Gasteiger charge is -2.09. The van der Waals surface area contributed by atoms with Crippen LogP contribution in [0, 0.1) is 5.82 Å². The molecule has 0 fully saturated rings. The number of hydrogen-bond donors (Lipinski definition) is 1. The highest BCUT2D eigenvalue weighted by molar-refractivity contribution is 7.92. The van der Waals surface area contributed by atoms with E-state index in [1.54, 1.807) is 7.11 Å². The van der Waals surface area contributed by atoms with Gasteiger partial charge < -0.3 is 9.47 Å². The molecule has 34 heavy (non-hydrogen) atoms. The van der Waals surface area contributed by atoms with Gasteiger partial charge in [0.1, 0.15) is 23.2 Å². The minimum atomic E-state index is -3.88. The van der Waals surface area contributed by atoms with Crippen LogP contribution in [0.25, 0.3) is 10.6 Å². The lowest BCUT2D eigenvalue weighted by molar-refractivity contribution is 0.0468. The number of halogens is 1. The molecule has 0 atom stereocenters. The molecule has 0 radical (unpaired) electrons. The second kappa shape index (κ2) is 10.0. The second-order valence-electron chi connectivity index (χ2n) is 7.06. The van der Waals surface area contributed by atoms with Crippen LogP contribution < -0.4 is 9.46 Å². The number of thiazole rings is 1. The summed E-state index contributed by atoms with van der Waals surface area (Å²) >= 11 is 1.42. The summed E-state index contributed by atoms with van der Waals surface area (Å²) in [5.41, 5.74) is 1.96. The van der Waals surface area contributed by atoms with Crippen molar-refractivity contribution in [1.82, 2.24) is 4.98 Å². The first kappa shape index (κ1) is 23.4. The third-order valence-corrected chi connectivity index (χ3v) is 7.06. The molecule has 4 rings (SSSR count). The van der Waals surface area contributed by atoms with Crippen molar-refractivity contribution in [2.24, 2.45) is 0 Å². The largest absolute Gasteiger partial charge is 0.496 e. The van der Waals surface area contributed by atoms with Gasteiger partial charge in [0.15, 0.2) is 0 Å². The summed E-state index contributed by atoms with van der Waals surface area (Å²) in [6.45, 7) is -0.0105. The first-order valence-corrected chi connectivity index (χ1v) is 12.4. The standard InChI is InChI=1S/C24H19FN2O5S2/c1-31-22-5-3-2-4-21(22)23-26-19(15-33-23)14-32-24(28)16-6-10-18(11-7-16)27-34(29,30)20-12-8-17(25)9-13-20/h2-13,15,27H,14H2,1H3. The summed E-state index contributed by atoms with van der Waals surface area (Å²) in [5.74, 6) is -0.397. The molecule has 174 valence electrons. The summed E-state index contributed by atoms with van der Waals surface area (Å²) < 4.78 is 50.9. The van der Waals surface area contributed by atoms with Crippen molar-refractivity contribution in [1.29, 1.82) is 0 Å². The van der Waals surface area contributed by atoms with Crippen LogP contribution in [-0.4, -0.2) is 26.5 Å². The molecule has 1 aromatic heterocycles. The van der Waals surface area contributed by atoms with E-state index in [1.165, 1.54) is 47.7 Å². The van der Waals surface area contributed by atoms with Crippen molar-refractivity contribution in [2.45, 2.75) is 11.5 Å². The highest BCUT2D eigenvalue weighted by atomic mass is 32.2. The predicted molar refractivity (Wildman–Crippen MR) is 127 cm³/mol. The molecular formula is C24H19FN2O5S2. The Kier molecular flexibility index (Phi) is 6.90. The van der Waals surface area contributed by atoms with Gasteiger partial charge in [0.25, 0.3) is 10.0 Å². The molecular weight excluding hydrogens is 479 g/mol. The van der Waals surface area contributed by atoms with Gasteiger partial charge in [-0.1, -0.05) is 12.1 Å². The van der Waals surface area contributed by atoms with Crippen molar-refractivity contribution in [3.63, 3.8) is 0 Å². The smallest absolute Gasteiger partial charge is 0.338 e. The van der Waals surface area contributed by atoms with Gasteiger partial charge in [-0.2, -0.15) is 0 Å². The number of rotatable bonds is 8. The van der Waals surface area contributed by atoms with E-state index in [2.05, 4.69) is 9.71 Å². The summed E-state index contributed by atoms with van der Waals surface area (Å²) in [7, 11) is -2.29. The number of carbonyl (C=O) groups is 1. The molecule has 4 aromatic rings. The molecule has 1 heterocycles. The van der Waals surface area contributed by atoms with Crippen LogP contribution in [0.5, 0.6) is 5.75 Å². The van der Waals surface area contributed by atoms with Crippen LogP contribution >= 0.6 is 11.3 Å². The Morgan fingerprint density at radius 2 is 1.74 bits per heavy atom. The third-order valence-electron chi connectivity index (χ3n) is 4.74. The zero-order chi connectivity index (χ0) is 24.1. The number of para-hydroxylation sites is 1. The Labute approximate surface area is 199 Å². The lowest BCUT2D eigenvalue weighted by atomic mass is 10.2. The number of nitrogens with one attached hydrogen (secondary N) is 1. The lowest BCUT2D eigenvalue weighted by Crippen LogP contribution is -2.13. The number of aromatic nitrogens is 1. The molecule has 0 aliphatic carbocycles. The van der Waals surface area contributed by atoms with Crippen molar-refractivity contribution < 1.29 is 27.1 Å². The third kappa shape index (κ3) is 5.41. The monoisotopic (exact) mass is 498 g/mol. The van der Waals surface area contributed by atoms with Gasteiger partial charge in [-0.25, -0.2) is 22.6 Å². The van der Waals surface area contributed by atoms with Gasteiger partial charge in [0, 0.05) is 11.1 Å². The topological polar surface area (TPSA) is 94.6 Å². The maximum absolute atomic E-state index is 13.0. The van der Waals surface area contributed by atoms with Gasteiger partial charge in [-0.05, 0) is 60.7 Å². The highest BCUT2D eigenvalue weighted by Crippen LogP contribution is 2.32. The zero-order valence-corrected chi connectivity index (χ0v) is 19.5. The average Bonchev–Trinajstić information content (AvgIpc) is 3.32. The van der Waals surface area contributed by atoms with Gasteiger partial charge in [-0.15, -0.1) is 11.3 Å². The predicted octanol–water partition coefficient (Wildman–Crippen LogP) is 5.12.